The number of likely N-dealkylation sites (tertiary alicyclic amines) is 1. The Bertz CT molecular complexity index is 727. The Morgan fingerprint density at radius 3 is 2.44 bits per heavy atom. The second-order valence-corrected chi connectivity index (χ2v) is 5.94. The van der Waals surface area contributed by atoms with Crippen molar-refractivity contribution in [2.24, 2.45) is 0 Å². The molecule has 0 spiro atoms. The van der Waals surface area contributed by atoms with Gasteiger partial charge in [0.25, 0.3) is 5.91 Å². The van der Waals surface area contributed by atoms with E-state index in [9.17, 15) is 9.59 Å². The van der Waals surface area contributed by atoms with Gasteiger partial charge in [-0.2, -0.15) is 0 Å². The van der Waals surface area contributed by atoms with Crippen molar-refractivity contribution in [1.29, 1.82) is 0 Å². The van der Waals surface area contributed by atoms with Crippen molar-refractivity contribution in [3.05, 3.63) is 60.2 Å². The van der Waals surface area contributed by atoms with Crippen molar-refractivity contribution in [2.75, 3.05) is 20.3 Å². The smallest absolute Gasteiger partial charge is 0.261 e. The Morgan fingerprint density at radius 2 is 1.76 bits per heavy atom. The number of rotatable bonds is 6. The zero-order valence-corrected chi connectivity index (χ0v) is 14.2. The third-order valence-corrected chi connectivity index (χ3v) is 4.36. The molecule has 1 aliphatic rings. The zero-order valence-electron chi connectivity index (χ0n) is 14.2. The SMILES string of the molecule is COc1ccc(C(=O)C2CCCN2C(=O)COc2ccccc2)cc1. The van der Waals surface area contributed by atoms with Crippen LogP contribution < -0.4 is 9.47 Å². The van der Waals surface area contributed by atoms with Crippen molar-refractivity contribution in [2.45, 2.75) is 18.9 Å². The molecule has 0 bridgehead atoms. The van der Waals surface area contributed by atoms with Crippen LogP contribution in [0.5, 0.6) is 11.5 Å². The van der Waals surface area contributed by atoms with Crippen molar-refractivity contribution in [3.8, 4) is 11.5 Å². The van der Waals surface area contributed by atoms with E-state index in [1.807, 2.05) is 18.2 Å². The molecular formula is C20H21NO4. The third kappa shape index (κ3) is 3.99. The highest BCUT2D eigenvalue weighted by Gasteiger charge is 2.34. The number of hydrogen-bond donors (Lipinski definition) is 0. The van der Waals surface area contributed by atoms with Crippen LogP contribution in [-0.2, 0) is 4.79 Å². The topological polar surface area (TPSA) is 55.8 Å². The minimum absolute atomic E-state index is 0.0341. The van der Waals surface area contributed by atoms with E-state index >= 15 is 0 Å². The molecule has 0 aromatic heterocycles. The predicted molar refractivity (Wildman–Crippen MR) is 94.0 cm³/mol. The summed E-state index contributed by atoms with van der Waals surface area (Å²) in [7, 11) is 1.58. The van der Waals surface area contributed by atoms with Gasteiger partial charge in [-0.1, -0.05) is 18.2 Å². The Morgan fingerprint density at radius 1 is 1.04 bits per heavy atom. The first-order valence-electron chi connectivity index (χ1n) is 8.34. The fourth-order valence-corrected chi connectivity index (χ4v) is 3.03. The second kappa shape index (κ2) is 7.83. The molecule has 1 heterocycles. The van der Waals surface area contributed by atoms with E-state index in [-0.39, 0.29) is 18.3 Å². The Balaban J connectivity index is 1.64. The first-order valence-corrected chi connectivity index (χ1v) is 8.34. The average Bonchev–Trinajstić information content (AvgIpc) is 3.16. The number of hydrogen-bond acceptors (Lipinski definition) is 4. The van der Waals surface area contributed by atoms with Crippen LogP contribution in [0.15, 0.2) is 54.6 Å². The first-order chi connectivity index (χ1) is 12.2. The highest BCUT2D eigenvalue weighted by molar-refractivity contribution is 6.02. The van der Waals surface area contributed by atoms with E-state index in [0.717, 1.165) is 6.42 Å². The zero-order chi connectivity index (χ0) is 17.6. The molecule has 0 saturated carbocycles. The molecule has 3 rings (SSSR count). The molecule has 130 valence electrons. The summed E-state index contributed by atoms with van der Waals surface area (Å²) in [6.45, 7) is 0.528. The molecule has 1 amide bonds. The van der Waals surface area contributed by atoms with E-state index < -0.39 is 6.04 Å². The van der Waals surface area contributed by atoms with Gasteiger partial charge in [-0.15, -0.1) is 0 Å². The monoisotopic (exact) mass is 339 g/mol. The molecule has 2 aromatic rings. The molecule has 1 aliphatic heterocycles. The molecule has 1 saturated heterocycles. The van der Waals surface area contributed by atoms with Gasteiger partial charge in [0, 0.05) is 12.1 Å². The number of Topliss-reactive ketones (excluding diaryl/α,β-unsaturated/α-hetero) is 1. The number of para-hydroxylation sites is 1. The summed E-state index contributed by atoms with van der Waals surface area (Å²) < 4.78 is 10.6. The molecule has 25 heavy (non-hydrogen) atoms. The van der Waals surface area contributed by atoms with E-state index in [4.69, 9.17) is 9.47 Å². The lowest BCUT2D eigenvalue weighted by Gasteiger charge is -2.24. The van der Waals surface area contributed by atoms with Gasteiger partial charge in [0.15, 0.2) is 12.4 Å². The lowest BCUT2D eigenvalue weighted by molar-refractivity contribution is -0.133. The van der Waals surface area contributed by atoms with E-state index in [0.29, 0.717) is 30.0 Å². The van der Waals surface area contributed by atoms with Gasteiger partial charge in [-0.3, -0.25) is 9.59 Å². The standard InChI is InChI=1S/C20H21NO4/c1-24-16-11-9-15(10-12-16)20(23)18-8-5-13-21(18)19(22)14-25-17-6-3-2-4-7-17/h2-4,6-7,9-12,18H,5,8,13-14H2,1H3. The average molecular weight is 339 g/mol. The molecule has 0 radical (unpaired) electrons. The molecule has 1 fully saturated rings. The van der Waals surface area contributed by atoms with E-state index in [1.54, 1.807) is 48.4 Å². The first kappa shape index (κ1) is 17.0. The Hall–Kier alpha value is -2.82. The third-order valence-electron chi connectivity index (χ3n) is 4.36. The van der Waals surface area contributed by atoms with Gasteiger partial charge in [-0.25, -0.2) is 0 Å². The number of carbonyl (C=O) groups excluding carboxylic acids is 2. The number of amides is 1. The minimum Gasteiger partial charge on any atom is -0.497 e. The van der Waals surface area contributed by atoms with Crippen LogP contribution in [0.1, 0.15) is 23.2 Å². The van der Waals surface area contributed by atoms with E-state index in [2.05, 4.69) is 0 Å². The van der Waals surface area contributed by atoms with E-state index in [1.165, 1.54) is 0 Å². The molecular weight excluding hydrogens is 318 g/mol. The molecule has 1 atom stereocenters. The maximum absolute atomic E-state index is 12.8. The summed E-state index contributed by atoms with van der Waals surface area (Å²) >= 11 is 0. The summed E-state index contributed by atoms with van der Waals surface area (Å²) in [5, 5.41) is 0. The number of carbonyl (C=O) groups is 2. The summed E-state index contributed by atoms with van der Waals surface area (Å²) in [6.07, 6.45) is 1.51. The number of nitrogens with zero attached hydrogens (tertiary/aromatic N) is 1. The fraction of sp³-hybridized carbons (Fsp3) is 0.300. The Kier molecular flexibility index (Phi) is 5.33. The van der Waals surface area contributed by atoms with Gasteiger partial charge < -0.3 is 14.4 Å². The summed E-state index contributed by atoms with van der Waals surface area (Å²) in [5.74, 6) is 1.15. The summed E-state index contributed by atoms with van der Waals surface area (Å²) in [6, 6.07) is 15.8. The van der Waals surface area contributed by atoms with Crippen LogP contribution >= 0.6 is 0 Å². The minimum atomic E-state index is -0.416. The van der Waals surface area contributed by atoms with Gasteiger partial charge in [0.1, 0.15) is 11.5 Å². The van der Waals surface area contributed by atoms with Gasteiger partial charge in [0.05, 0.1) is 13.2 Å². The molecule has 0 aliphatic carbocycles. The molecule has 1 unspecified atom stereocenters. The largest absolute Gasteiger partial charge is 0.497 e. The molecule has 2 aromatic carbocycles. The number of ketones is 1. The van der Waals surface area contributed by atoms with Crippen LogP contribution in [0.4, 0.5) is 0 Å². The predicted octanol–water partition coefficient (Wildman–Crippen LogP) is 2.95. The number of ether oxygens (including phenoxy) is 2. The van der Waals surface area contributed by atoms with Crippen LogP contribution in [0.3, 0.4) is 0 Å². The lowest BCUT2D eigenvalue weighted by atomic mass is 10.0. The van der Waals surface area contributed by atoms with Gasteiger partial charge in [0.2, 0.25) is 0 Å². The van der Waals surface area contributed by atoms with Gasteiger partial charge in [-0.05, 0) is 49.2 Å². The van der Waals surface area contributed by atoms with Crippen LogP contribution in [0, 0.1) is 0 Å². The van der Waals surface area contributed by atoms with Crippen molar-refractivity contribution >= 4 is 11.7 Å². The quantitative estimate of drug-likeness (QED) is 0.759. The summed E-state index contributed by atoms with van der Waals surface area (Å²) in [4.78, 5) is 26.9. The molecule has 5 nitrogen and oxygen atoms in total. The fourth-order valence-electron chi connectivity index (χ4n) is 3.03. The molecule has 0 N–H and O–H groups in total. The summed E-state index contributed by atoms with van der Waals surface area (Å²) in [5.41, 5.74) is 0.592. The van der Waals surface area contributed by atoms with Crippen molar-refractivity contribution in [1.82, 2.24) is 4.90 Å². The maximum Gasteiger partial charge on any atom is 0.261 e. The number of methoxy groups -OCH3 is 1. The van der Waals surface area contributed by atoms with Gasteiger partial charge >= 0.3 is 0 Å². The molecule has 5 heteroatoms. The normalized spacial score (nSPS) is 16.5. The van der Waals surface area contributed by atoms with Crippen LogP contribution in [0.25, 0.3) is 0 Å². The van der Waals surface area contributed by atoms with Crippen molar-refractivity contribution in [3.63, 3.8) is 0 Å². The van der Waals surface area contributed by atoms with Crippen molar-refractivity contribution < 1.29 is 19.1 Å². The second-order valence-electron chi connectivity index (χ2n) is 5.94. The van der Waals surface area contributed by atoms with Crippen LogP contribution in [-0.4, -0.2) is 42.9 Å². The lowest BCUT2D eigenvalue weighted by Crippen LogP contribution is -2.42. The number of benzene rings is 2. The highest BCUT2D eigenvalue weighted by Crippen LogP contribution is 2.23. The van der Waals surface area contributed by atoms with Crippen LogP contribution in [0.2, 0.25) is 0 Å². The Labute approximate surface area is 147 Å². The maximum atomic E-state index is 12.8. The highest BCUT2D eigenvalue weighted by atomic mass is 16.5.